The number of carbonyl (C=O) groups excluding carboxylic acids is 1. The Morgan fingerprint density at radius 1 is 1.07 bits per heavy atom. The highest BCUT2D eigenvalue weighted by molar-refractivity contribution is 6.32. The molecule has 9 nitrogen and oxygen atoms in total. The third-order valence-electron chi connectivity index (χ3n) is 7.73. The molecule has 1 saturated heterocycles. The largest absolute Gasteiger partial charge is 0.493 e. The summed E-state index contributed by atoms with van der Waals surface area (Å²) < 4.78 is 18.1. The first-order chi connectivity index (χ1) is 21.8. The zero-order valence-corrected chi connectivity index (χ0v) is 25.8. The molecule has 0 aliphatic carbocycles. The van der Waals surface area contributed by atoms with Crippen LogP contribution >= 0.6 is 11.6 Å². The van der Waals surface area contributed by atoms with Gasteiger partial charge in [0.15, 0.2) is 0 Å². The van der Waals surface area contributed by atoms with Gasteiger partial charge < -0.3 is 30.0 Å². The van der Waals surface area contributed by atoms with Gasteiger partial charge in [0.25, 0.3) is 0 Å². The maximum atomic E-state index is 12.4. The number of hydrogen-bond acceptors (Lipinski definition) is 8. The van der Waals surface area contributed by atoms with Gasteiger partial charge in [-0.1, -0.05) is 41.9 Å². The van der Waals surface area contributed by atoms with Crippen molar-refractivity contribution in [1.29, 1.82) is 5.26 Å². The normalized spacial score (nSPS) is 14.2. The van der Waals surface area contributed by atoms with Crippen molar-refractivity contribution in [3.05, 3.63) is 106 Å². The molecule has 1 aliphatic rings. The van der Waals surface area contributed by atoms with Crippen molar-refractivity contribution in [1.82, 2.24) is 9.88 Å². The second kappa shape index (κ2) is 14.9. The Morgan fingerprint density at radius 2 is 1.89 bits per heavy atom. The van der Waals surface area contributed by atoms with E-state index in [1.165, 1.54) is 6.20 Å². The Hall–Kier alpha value is -4.62. The van der Waals surface area contributed by atoms with Crippen molar-refractivity contribution in [2.24, 2.45) is 5.73 Å². The third kappa shape index (κ3) is 8.11. The first-order valence-electron chi connectivity index (χ1n) is 14.7. The van der Waals surface area contributed by atoms with Crippen molar-refractivity contribution >= 4 is 17.5 Å². The molecule has 10 heteroatoms. The number of likely N-dealkylation sites (tertiary alicyclic amines) is 1. The molecule has 0 bridgehead atoms. The van der Waals surface area contributed by atoms with Crippen molar-refractivity contribution in [2.75, 3.05) is 19.7 Å². The minimum Gasteiger partial charge on any atom is -0.493 e. The molecule has 1 unspecified atom stereocenters. The third-order valence-corrected chi connectivity index (χ3v) is 8.02. The van der Waals surface area contributed by atoms with E-state index < -0.39 is 6.10 Å². The van der Waals surface area contributed by atoms with Crippen LogP contribution in [0.25, 0.3) is 11.1 Å². The summed E-state index contributed by atoms with van der Waals surface area (Å²) in [6.45, 7) is 4.01. The smallest absolute Gasteiger partial charge is 0.226 e. The van der Waals surface area contributed by atoms with E-state index in [0.717, 1.165) is 33.4 Å². The van der Waals surface area contributed by atoms with E-state index in [1.54, 1.807) is 29.3 Å². The average Bonchev–Trinajstić information content (AvgIpc) is 3.50. The Morgan fingerprint density at radius 3 is 2.67 bits per heavy atom. The van der Waals surface area contributed by atoms with Crippen LogP contribution in [0, 0.1) is 18.3 Å². The highest BCUT2D eigenvalue weighted by atomic mass is 35.5. The van der Waals surface area contributed by atoms with E-state index in [2.05, 4.69) is 11.1 Å². The van der Waals surface area contributed by atoms with Gasteiger partial charge in [0, 0.05) is 49.2 Å². The van der Waals surface area contributed by atoms with Crippen LogP contribution in [0.2, 0.25) is 5.02 Å². The minimum absolute atomic E-state index is 0.00890. The summed E-state index contributed by atoms with van der Waals surface area (Å²) in [6, 6.07) is 21.1. The topological polar surface area (TPSA) is 131 Å². The van der Waals surface area contributed by atoms with Gasteiger partial charge in [0.1, 0.15) is 36.5 Å². The van der Waals surface area contributed by atoms with Crippen molar-refractivity contribution < 1.29 is 24.1 Å². The molecule has 0 spiro atoms. The van der Waals surface area contributed by atoms with Gasteiger partial charge in [0.2, 0.25) is 5.91 Å². The molecule has 232 valence electrons. The Labute approximate surface area is 267 Å². The van der Waals surface area contributed by atoms with Gasteiger partial charge in [-0.3, -0.25) is 9.78 Å². The van der Waals surface area contributed by atoms with Crippen LogP contribution in [0.5, 0.6) is 17.2 Å². The summed E-state index contributed by atoms with van der Waals surface area (Å²) >= 11 is 6.56. The lowest BCUT2D eigenvalue weighted by atomic mass is 9.96. The molecule has 0 radical (unpaired) electrons. The molecule has 1 atom stereocenters. The zero-order chi connectivity index (χ0) is 31.8. The summed E-state index contributed by atoms with van der Waals surface area (Å²) in [6.07, 6.45) is 3.60. The number of aliphatic hydroxyl groups is 1. The summed E-state index contributed by atoms with van der Waals surface area (Å²) in [5.41, 5.74) is 11.9. The molecule has 1 amide bonds. The number of carbonyl (C=O) groups is 1. The fourth-order valence-corrected chi connectivity index (χ4v) is 5.45. The van der Waals surface area contributed by atoms with Crippen molar-refractivity contribution in [3.8, 4) is 34.4 Å². The lowest BCUT2D eigenvalue weighted by Gasteiger charge is -2.17. The molecular formula is C35H35ClN4O5. The molecule has 0 saturated carbocycles. The summed E-state index contributed by atoms with van der Waals surface area (Å²) in [4.78, 5) is 18.2. The highest BCUT2D eigenvalue weighted by Crippen LogP contribution is 2.35. The molecule has 45 heavy (non-hydrogen) atoms. The van der Waals surface area contributed by atoms with Gasteiger partial charge in [-0.05, 0) is 59.9 Å². The molecular weight excluding hydrogens is 592 g/mol. The number of pyridine rings is 1. The van der Waals surface area contributed by atoms with Crippen molar-refractivity contribution in [2.45, 2.75) is 45.6 Å². The van der Waals surface area contributed by atoms with E-state index >= 15 is 0 Å². The van der Waals surface area contributed by atoms with E-state index in [9.17, 15) is 9.90 Å². The average molecular weight is 627 g/mol. The predicted molar refractivity (Wildman–Crippen MR) is 171 cm³/mol. The first-order valence-corrected chi connectivity index (χ1v) is 15.1. The summed E-state index contributed by atoms with van der Waals surface area (Å²) in [5, 5.41) is 19.3. The predicted octanol–water partition coefficient (Wildman–Crippen LogP) is 5.56. The number of rotatable bonds is 12. The van der Waals surface area contributed by atoms with Crippen LogP contribution in [-0.4, -0.2) is 46.7 Å². The lowest BCUT2D eigenvalue weighted by Crippen LogP contribution is -2.30. The SMILES string of the molecule is Cc1c(COc2cc(OCc3cncc(C#N)c3)c(CN)cc2Cl)cccc1-c1cccc(OCCC(=O)N2CCC(O)C2)c1. The lowest BCUT2D eigenvalue weighted by molar-refractivity contribution is -0.131. The fourth-order valence-electron chi connectivity index (χ4n) is 5.21. The molecule has 1 fully saturated rings. The Bertz CT molecular complexity index is 1710. The number of nitrogens with zero attached hydrogens (tertiary/aromatic N) is 3. The highest BCUT2D eigenvalue weighted by Gasteiger charge is 2.24. The number of β-amino-alcohol motifs (C(OH)–C–C–N with tert-alkyl or cyclic N) is 1. The monoisotopic (exact) mass is 626 g/mol. The van der Waals surface area contributed by atoms with Crippen molar-refractivity contribution in [3.63, 3.8) is 0 Å². The number of aliphatic hydroxyl groups excluding tert-OH is 1. The number of halogens is 1. The maximum absolute atomic E-state index is 12.4. The molecule has 2 heterocycles. The maximum Gasteiger partial charge on any atom is 0.226 e. The van der Waals surface area contributed by atoms with E-state index in [0.29, 0.717) is 47.3 Å². The second-order valence-corrected chi connectivity index (χ2v) is 11.3. The zero-order valence-electron chi connectivity index (χ0n) is 25.0. The molecule has 1 aromatic heterocycles. The molecule has 3 N–H and O–H groups in total. The standard InChI is InChI=1S/C35H35ClN4O5/c1-23-27(22-45-34-15-33(28(17-38)14-32(34)36)44-21-25-12-24(16-37)18-39-19-25)5-3-7-31(23)26-4-2-6-30(13-26)43-11-9-35(42)40-10-8-29(41)20-40/h2-7,12-15,18-19,29,41H,8-11,17,20-22,38H2,1H3. The number of aromatic nitrogens is 1. The van der Waals surface area contributed by atoms with E-state index in [-0.39, 0.29) is 38.7 Å². The molecule has 3 aromatic carbocycles. The number of ether oxygens (including phenoxy) is 3. The van der Waals surface area contributed by atoms with Gasteiger partial charge in [0.05, 0.1) is 29.7 Å². The van der Waals surface area contributed by atoms with E-state index in [1.807, 2.05) is 49.4 Å². The molecule has 1 aliphatic heterocycles. The van der Waals surface area contributed by atoms with Crippen LogP contribution in [-0.2, 0) is 24.6 Å². The summed E-state index contributed by atoms with van der Waals surface area (Å²) in [7, 11) is 0. The van der Waals surface area contributed by atoms with Crippen LogP contribution < -0.4 is 19.9 Å². The van der Waals surface area contributed by atoms with Gasteiger partial charge in [-0.15, -0.1) is 0 Å². The van der Waals surface area contributed by atoms with Crippen LogP contribution in [0.15, 0.2) is 73.1 Å². The van der Waals surface area contributed by atoms with E-state index in [4.69, 9.17) is 36.8 Å². The molecule has 5 rings (SSSR count). The van der Waals surface area contributed by atoms with Gasteiger partial charge in [-0.2, -0.15) is 5.26 Å². The van der Waals surface area contributed by atoms with Crippen LogP contribution in [0.1, 0.15) is 40.7 Å². The number of nitriles is 1. The fraction of sp³-hybridized carbons (Fsp3) is 0.286. The molecule has 4 aromatic rings. The first kappa shape index (κ1) is 31.8. The summed E-state index contributed by atoms with van der Waals surface area (Å²) in [5.74, 6) is 1.68. The Kier molecular flexibility index (Phi) is 10.5. The number of amides is 1. The number of hydrogen-bond donors (Lipinski definition) is 2. The minimum atomic E-state index is -0.431. The van der Waals surface area contributed by atoms with Crippen LogP contribution in [0.3, 0.4) is 0 Å². The van der Waals surface area contributed by atoms with Crippen LogP contribution in [0.4, 0.5) is 0 Å². The number of benzene rings is 3. The second-order valence-electron chi connectivity index (χ2n) is 10.9. The van der Waals surface area contributed by atoms with Gasteiger partial charge in [-0.25, -0.2) is 0 Å². The van der Waals surface area contributed by atoms with Gasteiger partial charge >= 0.3 is 0 Å². The quantitative estimate of drug-likeness (QED) is 0.209. The number of nitrogens with two attached hydrogens (primary N) is 1. The Balaban J connectivity index is 1.24.